The number of hydrogen-bond donors (Lipinski definition) is 1. The third-order valence-corrected chi connectivity index (χ3v) is 7.27. The Kier molecular flexibility index (Phi) is 4.83. The summed E-state index contributed by atoms with van der Waals surface area (Å²) in [5.74, 6) is -0.339. The number of nitrogens with zero attached hydrogens (tertiary/aromatic N) is 1. The van der Waals surface area contributed by atoms with Crippen molar-refractivity contribution in [1.82, 2.24) is 4.90 Å². The lowest BCUT2D eigenvalue weighted by atomic mass is 10.1. The Morgan fingerprint density at radius 3 is 2.80 bits per heavy atom. The van der Waals surface area contributed by atoms with E-state index in [1.807, 2.05) is 6.92 Å². The Labute approximate surface area is 150 Å². The SMILES string of the molecule is CCC(=O)N1CCc2sc(S(=O)(=O)Nc3ccc(F)cc3C)cc2C1. The minimum Gasteiger partial charge on any atom is -0.338 e. The van der Waals surface area contributed by atoms with Crippen LogP contribution in [-0.4, -0.2) is 25.8 Å². The number of fused-ring (bicyclic) bond motifs is 1. The highest BCUT2D eigenvalue weighted by Gasteiger charge is 2.26. The molecule has 3 rings (SSSR count). The molecule has 0 radical (unpaired) electrons. The van der Waals surface area contributed by atoms with E-state index in [0.717, 1.165) is 10.4 Å². The van der Waals surface area contributed by atoms with Crippen molar-refractivity contribution in [3.63, 3.8) is 0 Å². The van der Waals surface area contributed by atoms with Crippen LogP contribution in [0.5, 0.6) is 0 Å². The van der Waals surface area contributed by atoms with Crippen molar-refractivity contribution in [3.05, 3.63) is 46.1 Å². The molecule has 134 valence electrons. The molecule has 0 spiro atoms. The maximum atomic E-state index is 13.2. The van der Waals surface area contributed by atoms with E-state index in [0.29, 0.717) is 37.2 Å². The molecule has 1 amide bonds. The topological polar surface area (TPSA) is 66.5 Å². The number of hydrogen-bond acceptors (Lipinski definition) is 4. The Hall–Kier alpha value is -1.93. The van der Waals surface area contributed by atoms with Crippen LogP contribution in [0.2, 0.25) is 0 Å². The molecule has 2 aromatic rings. The summed E-state index contributed by atoms with van der Waals surface area (Å²) in [5, 5.41) is 0. The zero-order chi connectivity index (χ0) is 18.2. The van der Waals surface area contributed by atoms with Gasteiger partial charge in [-0.25, -0.2) is 12.8 Å². The number of anilines is 1. The van der Waals surface area contributed by atoms with Gasteiger partial charge in [0, 0.05) is 24.4 Å². The number of carbonyl (C=O) groups excluding carboxylic acids is 1. The molecule has 1 aromatic carbocycles. The third kappa shape index (κ3) is 3.69. The number of thiophene rings is 1. The number of aryl methyl sites for hydroxylation is 1. The molecular formula is C17H19FN2O3S2. The fraction of sp³-hybridized carbons (Fsp3) is 0.353. The van der Waals surface area contributed by atoms with Gasteiger partial charge in [-0.2, -0.15) is 0 Å². The van der Waals surface area contributed by atoms with Gasteiger partial charge in [-0.3, -0.25) is 9.52 Å². The molecule has 0 atom stereocenters. The minimum absolute atomic E-state index is 0.0707. The first-order valence-corrected chi connectivity index (χ1v) is 10.3. The molecule has 0 fully saturated rings. The number of nitrogens with one attached hydrogen (secondary N) is 1. The van der Waals surface area contributed by atoms with E-state index >= 15 is 0 Å². The van der Waals surface area contributed by atoms with Gasteiger partial charge in [-0.15, -0.1) is 11.3 Å². The molecule has 1 aliphatic heterocycles. The summed E-state index contributed by atoms with van der Waals surface area (Å²) in [4.78, 5) is 14.6. The highest BCUT2D eigenvalue weighted by Crippen LogP contribution is 2.32. The van der Waals surface area contributed by atoms with Crippen LogP contribution in [-0.2, 0) is 27.8 Å². The first kappa shape index (κ1) is 17.9. The number of sulfonamides is 1. The van der Waals surface area contributed by atoms with Gasteiger partial charge in [0.1, 0.15) is 10.0 Å². The lowest BCUT2D eigenvalue weighted by Crippen LogP contribution is -2.34. The molecule has 2 heterocycles. The van der Waals surface area contributed by atoms with Gasteiger partial charge in [0.15, 0.2) is 0 Å². The molecule has 0 aliphatic carbocycles. The van der Waals surface area contributed by atoms with E-state index in [1.165, 1.54) is 29.5 Å². The normalized spacial score (nSPS) is 14.3. The van der Waals surface area contributed by atoms with Crippen LogP contribution < -0.4 is 4.72 Å². The first-order valence-electron chi connectivity index (χ1n) is 7.98. The summed E-state index contributed by atoms with van der Waals surface area (Å²) in [5.41, 5.74) is 1.76. The van der Waals surface area contributed by atoms with Crippen LogP contribution >= 0.6 is 11.3 Å². The lowest BCUT2D eigenvalue weighted by Gasteiger charge is -2.26. The average molecular weight is 382 g/mol. The maximum Gasteiger partial charge on any atom is 0.271 e. The number of carbonyl (C=O) groups is 1. The second-order valence-electron chi connectivity index (χ2n) is 6.00. The molecule has 0 saturated heterocycles. The minimum atomic E-state index is -3.74. The Balaban J connectivity index is 1.85. The van der Waals surface area contributed by atoms with E-state index in [1.54, 1.807) is 17.9 Å². The van der Waals surface area contributed by atoms with Crippen molar-refractivity contribution in [3.8, 4) is 0 Å². The molecule has 8 heteroatoms. The zero-order valence-corrected chi connectivity index (χ0v) is 15.6. The molecule has 5 nitrogen and oxygen atoms in total. The van der Waals surface area contributed by atoms with Crippen molar-refractivity contribution >= 4 is 33.0 Å². The van der Waals surface area contributed by atoms with E-state index in [-0.39, 0.29) is 10.1 Å². The summed E-state index contributed by atoms with van der Waals surface area (Å²) in [6, 6.07) is 5.55. The zero-order valence-electron chi connectivity index (χ0n) is 14.0. The standard InChI is InChI=1S/C17H19FN2O3S2/c1-3-16(21)20-7-6-15-12(10-20)9-17(24-15)25(22,23)19-14-5-4-13(18)8-11(14)2/h4-5,8-9,19H,3,6-7,10H2,1-2H3. The van der Waals surface area contributed by atoms with Gasteiger partial charge in [-0.05, 0) is 48.7 Å². The van der Waals surface area contributed by atoms with Crippen LogP contribution in [0.25, 0.3) is 0 Å². The molecule has 0 bridgehead atoms. The van der Waals surface area contributed by atoms with E-state index < -0.39 is 15.8 Å². The van der Waals surface area contributed by atoms with Gasteiger partial charge in [0.2, 0.25) is 5.91 Å². The van der Waals surface area contributed by atoms with E-state index in [9.17, 15) is 17.6 Å². The van der Waals surface area contributed by atoms with Crippen molar-refractivity contribution in [2.75, 3.05) is 11.3 Å². The highest BCUT2D eigenvalue weighted by atomic mass is 32.2. The Bertz CT molecular complexity index is 922. The van der Waals surface area contributed by atoms with Crippen molar-refractivity contribution in [1.29, 1.82) is 0 Å². The van der Waals surface area contributed by atoms with Crippen molar-refractivity contribution in [2.24, 2.45) is 0 Å². The molecule has 0 unspecified atom stereocenters. The predicted molar refractivity (Wildman–Crippen MR) is 95.7 cm³/mol. The van der Waals surface area contributed by atoms with Gasteiger partial charge >= 0.3 is 0 Å². The molecule has 1 N–H and O–H groups in total. The smallest absolute Gasteiger partial charge is 0.271 e. The van der Waals surface area contributed by atoms with Crippen LogP contribution in [0.15, 0.2) is 28.5 Å². The summed E-state index contributed by atoms with van der Waals surface area (Å²) in [6.07, 6.45) is 1.10. The number of halogens is 1. The first-order chi connectivity index (χ1) is 11.8. The van der Waals surface area contributed by atoms with Crippen LogP contribution in [0, 0.1) is 12.7 Å². The summed E-state index contributed by atoms with van der Waals surface area (Å²) in [7, 11) is -3.74. The van der Waals surface area contributed by atoms with E-state index in [2.05, 4.69) is 4.72 Å². The molecule has 1 aliphatic rings. The molecule has 0 saturated carbocycles. The van der Waals surface area contributed by atoms with Crippen molar-refractivity contribution in [2.45, 2.75) is 37.4 Å². The summed E-state index contributed by atoms with van der Waals surface area (Å²) >= 11 is 1.23. The quantitative estimate of drug-likeness (QED) is 0.882. The Morgan fingerprint density at radius 1 is 1.36 bits per heavy atom. The lowest BCUT2D eigenvalue weighted by molar-refractivity contribution is -0.131. The van der Waals surface area contributed by atoms with E-state index in [4.69, 9.17) is 0 Å². The third-order valence-electron chi connectivity index (χ3n) is 4.20. The second kappa shape index (κ2) is 6.76. The molecule has 25 heavy (non-hydrogen) atoms. The number of amides is 1. The van der Waals surface area contributed by atoms with Gasteiger partial charge in [0.25, 0.3) is 10.0 Å². The predicted octanol–water partition coefficient (Wildman–Crippen LogP) is 3.29. The van der Waals surface area contributed by atoms with Gasteiger partial charge < -0.3 is 4.90 Å². The maximum absolute atomic E-state index is 13.2. The van der Waals surface area contributed by atoms with Gasteiger partial charge in [0.05, 0.1) is 5.69 Å². The Morgan fingerprint density at radius 2 is 2.12 bits per heavy atom. The fourth-order valence-electron chi connectivity index (χ4n) is 2.81. The van der Waals surface area contributed by atoms with Gasteiger partial charge in [-0.1, -0.05) is 6.92 Å². The van der Waals surface area contributed by atoms with Crippen LogP contribution in [0.1, 0.15) is 29.3 Å². The molecule has 1 aromatic heterocycles. The number of rotatable bonds is 4. The fourth-order valence-corrected chi connectivity index (χ4v) is 5.49. The summed E-state index contributed by atoms with van der Waals surface area (Å²) < 4.78 is 41.2. The summed E-state index contributed by atoms with van der Waals surface area (Å²) in [6.45, 7) is 4.53. The van der Waals surface area contributed by atoms with Crippen molar-refractivity contribution < 1.29 is 17.6 Å². The largest absolute Gasteiger partial charge is 0.338 e. The van der Waals surface area contributed by atoms with Crippen LogP contribution in [0.3, 0.4) is 0 Å². The second-order valence-corrected chi connectivity index (χ2v) is 9.04. The van der Waals surface area contributed by atoms with Crippen LogP contribution in [0.4, 0.5) is 10.1 Å². The number of benzene rings is 1. The average Bonchev–Trinajstić information content (AvgIpc) is 3.01. The molecular weight excluding hydrogens is 363 g/mol. The monoisotopic (exact) mass is 382 g/mol. The highest BCUT2D eigenvalue weighted by molar-refractivity contribution is 7.94.